The van der Waals surface area contributed by atoms with Crippen LogP contribution in [0.3, 0.4) is 0 Å². The molecule has 260 valence electrons. The Morgan fingerprint density at radius 3 is 2.33 bits per heavy atom. The molecular weight excluding hydrogens is 658 g/mol. The van der Waals surface area contributed by atoms with E-state index in [0.29, 0.717) is 30.6 Å². The molecule has 0 saturated carbocycles. The van der Waals surface area contributed by atoms with Crippen molar-refractivity contribution in [3.05, 3.63) is 110 Å². The number of carbonyl (C=O) groups is 2. The highest BCUT2D eigenvalue weighted by Crippen LogP contribution is 2.25. The quantitative estimate of drug-likeness (QED) is 0.123. The number of carbonyl (C=O) groups excluding carboxylic acids is 1. The highest BCUT2D eigenvalue weighted by molar-refractivity contribution is 7.89. The maximum Gasteiger partial charge on any atom is 0.323 e. The van der Waals surface area contributed by atoms with Crippen LogP contribution >= 0.6 is 0 Å². The molecule has 1 unspecified atom stereocenters. The van der Waals surface area contributed by atoms with Crippen molar-refractivity contribution in [3.8, 4) is 0 Å². The molecule has 0 spiro atoms. The Morgan fingerprint density at radius 2 is 1.69 bits per heavy atom. The van der Waals surface area contributed by atoms with Crippen molar-refractivity contribution in [2.75, 3.05) is 19.6 Å². The van der Waals surface area contributed by atoms with Gasteiger partial charge in [-0.1, -0.05) is 48.0 Å². The average Bonchev–Trinajstić information content (AvgIpc) is 3.56. The third-order valence-electron chi connectivity index (χ3n) is 8.32. The summed E-state index contributed by atoms with van der Waals surface area (Å²) in [4.78, 5) is 39.0. The van der Waals surface area contributed by atoms with E-state index in [-0.39, 0.29) is 40.7 Å². The minimum atomic E-state index is -4.34. The SMILES string of the molecule is Cc1cc(C)c(S(=O)(=O)NC(CNC(=O)c2cn(CCc3ccccc3)c3c(F)c(CNC4NCCN4)c(F)cc3c2=O)C(=O)O)c(C)c1. The molecule has 1 aromatic heterocycles. The first kappa shape index (κ1) is 35.8. The van der Waals surface area contributed by atoms with Crippen LogP contribution in [0.5, 0.6) is 0 Å². The molecule has 0 bridgehead atoms. The van der Waals surface area contributed by atoms with Gasteiger partial charge in [0.15, 0.2) is 5.82 Å². The van der Waals surface area contributed by atoms with Crippen molar-refractivity contribution < 1.29 is 31.9 Å². The monoisotopic (exact) mass is 696 g/mol. The summed E-state index contributed by atoms with van der Waals surface area (Å²) in [6, 6.07) is 11.6. The summed E-state index contributed by atoms with van der Waals surface area (Å²) < 4.78 is 61.4. The van der Waals surface area contributed by atoms with Gasteiger partial charge in [-0.3, -0.25) is 30.3 Å². The zero-order valence-corrected chi connectivity index (χ0v) is 28.0. The van der Waals surface area contributed by atoms with Gasteiger partial charge in [0.05, 0.1) is 15.8 Å². The molecule has 5 rings (SSSR count). The van der Waals surface area contributed by atoms with Crippen LogP contribution in [0.25, 0.3) is 10.9 Å². The molecular formula is C34H38F2N6O6S. The number of aryl methyl sites for hydroxylation is 5. The normalized spacial score (nSPS) is 14.3. The van der Waals surface area contributed by atoms with Crippen LogP contribution < -0.4 is 31.4 Å². The first-order valence-corrected chi connectivity index (χ1v) is 17.1. The second-order valence-corrected chi connectivity index (χ2v) is 13.7. The van der Waals surface area contributed by atoms with Gasteiger partial charge in [-0.05, 0) is 49.9 Å². The second-order valence-electron chi connectivity index (χ2n) is 12.0. The number of carboxylic acid groups (broad SMARTS) is 1. The first-order valence-electron chi connectivity index (χ1n) is 15.7. The van der Waals surface area contributed by atoms with E-state index in [4.69, 9.17) is 0 Å². The number of benzene rings is 3. The second kappa shape index (κ2) is 14.9. The van der Waals surface area contributed by atoms with E-state index >= 15 is 8.78 Å². The topological polar surface area (TPSA) is 171 Å². The molecule has 3 aromatic carbocycles. The van der Waals surface area contributed by atoms with E-state index < -0.39 is 57.1 Å². The lowest BCUT2D eigenvalue weighted by atomic mass is 10.0. The van der Waals surface area contributed by atoms with Gasteiger partial charge in [0.2, 0.25) is 15.5 Å². The number of nitrogens with zero attached hydrogens (tertiary/aromatic N) is 1. The number of hydrogen-bond acceptors (Lipinski definition) is 8. The number of carboxylic acids is 1. The molecule has 15 heteroatoms. The molecule has 0 radical (unpaired) electrons. The molecule has 1 amide bonds. The molecule has 0 aliphatic carbocycles. The third-order valence-corrected chi connectivity index (χ3v) is 10.1. The van der Waals surface area contributed by atoms with Crippen molar-refractivity contribution in [2.24, 2.45) is 0 Å². The van der Waals surface area contributed by atoms with Crippen LogP contribution in [0, 0.1) is 32.4 Å². The van der Waals surface area contributed by atoms with Crippen LogP contribution in [0.2, 0.25) is 0 Å². The largest absolute Gasteiger partial charge is 0.480 e. The molecule has 6 N–H and O–H groups in total. The molecule has 49 heavy (non-hydrogen) atoms. The van der Waals surface area contributed by atoms with Crippen molar-refractivity contribution in [1.29, 1.82) is 0 Å². The fraction of sp³-hybridized carbons (Fsp3) is 0.324. The maximum atomic E-state index is 16.1. The summed E-state index contributed by atoms with van der Waals surface area (Å²) in [6.07, 6.45) is 1.17. The van der Waals surface area contributed by atoms with Crippen molar-refractivity contribution >= 4 is 32.8 Å². The third kappa shape index (κ3) is 8.03. The average molecular weight is 697 g/mol. The minimum Gasteiger partial charge on any atom is -0.480 e. The predicted molar refractivity (Wildman–Crippen MR) is 180 cm³/mol. The summed E-state index contributed by atoms with van der Waals surface area (Å²) in [6.45, 7) is 5.51. The summed E-state index contributed by atoms with van der Waals surface area (Å²) in [5.41, 5.74) is 0.587. The minimum absolute atomic E-state index is 0.0825. The van der Waals surface area contributed by atoms with E-state index in [2.05, 4.69) is 26.0 Å². The molecule has 1 aliphatic rings. The van der Waals surface area contributed by atoms with Crippen LogP contribution in [0.1, 0.15) is 38.2 Å². The number of halogens is 2. The zero-order valence-electron chi connectivity index (χ0n) is 27.2. The van der Waals surface area contributed by atoms with Gasteiger partial charge in [-0.25, -0.2) is 17.2 Å². The highest BCUT2D eigenvalue weighted by atomic mass is 32.2. The Kier molecular flexibility index (Phi) is 10.9. The summed E-state index contributed by atoms with van der Waals surface area (Å²) in [5.74, 6) is -4.56. The van der Waals surface area contributed by atoms with Crippen molar-refractivity contribution in [2.45, 2.75) is 57.5 Å². The van der Waals surface area contributed by atoms with Crippen molar-refractivity contribution in [3.63, 3.8) is 0 Å². The molecule has 1 fully saturated rings. The van der Waals surface area contributed by atoms with Crippen LogP contribution in [-0.4, -0.2) is 61.9 Å². The maximum absolute atomic E-state index is 16.1. The number of fused-ring (bicyclic) bond motifs is 1. The lowest BCUT2D eigenvalue weighted by molar-refractivity contribution is -0.138. The van der Waals surface area contributed by atoms with Crippen LogP contribution in [0.15, 0.2) is 64.4 Å². The Morgan fingerprint density at radius 1 is 1.04 bits per heavy atom. The van der Waals surface area contributed by atoms with Crippen molar-refractivity contribution in [1.82, 2.24) is 30.6 Å². The molecule has 1 saturated heterocycles. The molecule has 12 nitrogen and oxygen atoms in total. The van der Waals surface area contributed by atoms with Crippen LogP contribution in [-0.2, 0) is 34.3 Å². The standard InChI is InChI=1S/C34H38F2N6O6S/c1-19-13-20(2)31(21(3)14-19)49(47,48)41-27(33(45)46)17-39-32(44)25-18-42(12-9-22-7-5-4-6-8-22)29-23(30(25)43)15-26(35)24(28(29)36)16-40-34-37-10-11-38-34/h4-8,13-15,18,27,34,37-38,40-41H,9-12,16-17H2,1-3H3,(H,39,44)(H,45,46). The van der Waals surface area contributed by atoms with Crippen LogP contribution in [0.4, 0.5) is 8.78 Å². The lowest BCUT2D eigenvalue weighted by Crippen LogP contribution is -2.49. The number of hydrogen-bond donors (Lipinski definition) is 6. The van der Waals surface area contributed by atoms with E-state index in [1.807, 2.05) is 30.3 Å². The van der Waals surface area contributed by atoms with Gasteiger partial charge in [-0.2, -0.15) is 4.72 Å². The number of nitrogens with one attached hydrogen (secondary N) is 5. The summed E-state index contributed by atoms with van der Waals surface area (Å²) in [5, 5.41) is 20.9. The van der Waals surface area contributed by atoms with Gasteiger partial charge >= 0.3 is 5.97 Å². The van der Waals surface area contributed by atoms with E-state index in [0.717, 1.165) is 23.4 Å². The highest BCUT2D eigenvalue weighted by Gasteiger charge is 2.29. The number of aromatic nitrogens is 1. The number of amides is 1. The number of aliphatic carboxylic acids is 1. The number of pyridine rings is 1. The molecule has 4 aromatic rings. The van der Waals surface area contributed by atoms with Gasteiger partial charge in [-0.15, -0.1) is 0 Å². The number of rotatable bonds is 13. The first-order chi connectivity index (χ1) is 23.3. The smallest absolute Gasteiger partial charge is 0.323 e. The molecule has 2 heterocycles. The Bertz CT molecular complexity index is 2040. The Hall–Kier alpha value is -4.54. The van der Waals surface area contributed by atoms with Gasteiger partial charge < -0.3 is 15.0 Å². The predicted octanol–water partition coefficient (Wildman–Crippen LogP) is 2.18. The van der Waals surface area contributed by atoms with E-state index in [1.54, 1.807) is 32.9 Å². The summed E-state index contributed by atoms with van der Waals surface area (Å²) >= 11 is 0. The van der Waals surface area contributed by atoms with Gasteiger partial charge in [0.25, 0.3) is 5.91 Å². The fourth-order valence-corrected chi connectivity index (χ4v) is 7.72. The van der Waals surface area contributed by atoms with Gasteiger partial charge in [0, 0.05) is 44.5 Å². The number of sulfonamides is 1. The fourth-order valence-electron chi connectivity index (χ4n) is 6.08. The van der Waals surface area contributed by atoms with Gasteiger partial charge in [0.1, 0.15) is 23.7 Å². The molecule has 1 aliphatic heterocycles. The molecule has 1 atom stereocenters. The Balaban J connectivity index is 1.46. The lowest BCUT2D eigenvalue weighted by Gasteiger charge is -2.19. The van der Waals surface area contributed by atoms with E-state index in [1.165, 1.54) is 4.57 Å². The zero-order chi connectivity index (χ0) is 35.5. The summed E-state index contributed by atoms with van der Waals surface area (Å²) in [7, 11) is -4.34. The van der Waals surface area contributed by atoms with E-state index in [9.17, 15) is 27.9 Å². The Labute approximate surface area is 282 Å².